The molecule has 2 N–H and O–H groups in total. The SMILES string of the molecule is C[NH+](C)Cc1ccccc1CNC(=O)/C=C/c1c(Cl)nc2ccccn12. The van der Waals surface area contributed by atoms with Crippen molar-refractivity contribution < 1.29 is 9.69 Å². The maximum atomic E-state index is 12.2. The molecule has 2 heterocycles. The molecule has 134 valence electrons. The normalized spacial score (nSPS) is 11.5. The molecule has 0 saturated carbocycles. The molecule has 3 rings (SSSR count). The number of carbonyl (C=O) groups excluding carboxylic acids is 1. The van der Waals surface area contributed by atoms with Crippen LogP contribution in [0.5, 0.6) is 0 Å². The number of nitrogens with zero attached hydrogens (tertiary/aromatic N) is 2. The summed E-state index contributed by atoms with van der Waals surface area (Å²) < 4.78 is 1.85. The monoisotopic (exact) mass is 369 g/mol. The molecular formula is C20H22ClN4O+. The van der Waals surface area contributed by atoms with Crippen LogP contribution in [0.25, 0.3) is 11.7 Å². The van der Waals surface area contributed by atoms with Gasteiger partial charge in [-0.05, 0) is 23.8 Å². The summed E-state index contributed by atoms with van der Waals surface area (Å²) in [5, 5.41) is 3.31. The van der Waals surface area contributed by atoms with Gasteiger partial charge in [-0.15, -0.1) is 0 Å². The molecule has 0 atom stereocenters. The zero-order valence-corrected chi connectivity index (χ0v) is 15.6. The highest BCUT2D eigenvalue weighted by molar-refractivity contribution is 6.31. The largest absolute Gasteiger partial charge is 0.348 e. The lowest BCUT2D eigenvalue weighted by atomic mass is 10.1. The highest BCUT2D eigenvalue weighted by Gasteiger charge is 2.08. The predicted molar refractivity (Wildman–Crippen MR) is 104 cm³/mol. The number of amides is 1. The van der Waals surface area contributed by atoms with E-state index in [4.69, 9.17) is 11.6 Å². The van der Waals surface area contributed by atoms with Crippen LogP contribution in [-0.4, -0.2) is 29.4 Å². The molecule has 2 aromatic heterocycles. The minimum Gasteiger partial charge on any atom is -0.348 e. The van der Waals surface area contributed by atoms with E-state index >= 15 is 0 Å². The fourth-order valence-electron chi connectivity index (χ4n) is 2.81. The molecule has 0 spiro atoms. The van der Waals surface area contributed by atoms with E-state index in [1.165, 1.54) is 16.5 Å². The van der Waals surface area contributed by atoms with Gasteiger partial charge in [0.2, 0.25) is 5.91 Å². The molecule has 0 fully saturated rings. The van der Waals surface area contributed by atoms with Crippen molar-refractivity contribution in [2.75, 3.05) is 14.1 Å². The third kappa shape index (κ3) is 4.31. The first-order valence-corrected chi connectivity index (χ1v) is 8.86. The number of halogens is 1. The van der Waals surface area contributed by atoms with Crippen molar-refractivity contribution in [2.45, 2.75) is 13.1 Å². The number of aromatic nitrogens is 2. The molecule has 26 heavy (non-hydrogen) atoms. The van der Waals surface area contributed by atoms with Crippen molar-refractivity contribution in [3.63, 3.8) is 0 Å². The lowest BCUT2D eigenvalue weighted by Crippen LogP contribution is -3.04. The molecule has 0 aliphatic heterocycles. The van der Waals surface area contributed by atoms with E-state index in [1.54, 1.807) is 6.08 Å². The molecule has 0 bridgehead atoms. The molecule has 0 aliphatic carbocycles. The van der Waals surface area contributed by atoms with Crippen molar-refractivity contribution in [1.29, 1.82) is 0 Å². The molecule has 0 unspecified atom stereocenters. The molecule has 0 aliphatic rings. The summed E-state index contributed by atoms with van der Waals surface area (Å²) in [6.07, 6.45) is 5.04. The van der Waals surface area contributed by atoms with Crippen molar-refractivity contribution in [3.8, 4) is 0 Å². The molecule has 0 radical (unpaired) electrons. The second-order valence-electron chi connectivity index (χ2n) is 6.42. The maximum Gasteiger partial charge on any atom is 0.244 e. The Morgan fingerprint density at radius 3 is 2.69 bits per heavy atom. The highest BCUT2D eigenvalue weighted by atomic mass is 35.5. The Hall–Kier alpha value is -2.63. The summed E-state index contributed by atoms with van der Waals surface area (Å²) in [6, 6.07) is 13.8. The summed E-state index contributed by atoms with van der Waals surface area (Å²) in [6.45, 7) is 1.41. The van der Waals surface area contributed by atoms with Gasteiger partial charge < -0.3 is 10.2 Å². The fourth-order valence-corrected chi connectivity index (χ4v) is 3.06. The minimum atomic E-state index is -0.168. The van der Waals surface area contributed by atoms with Gasteiger partial charge in [-0.25, -0.2) is 4.98 Å². The van der Waals surface area contributed by atoms with Gasteiger partial charge in [-0.3, -0.25) is 9.20 Å². The van der Waals surface area contributed by atoms with E-state index in [-0.39, 0.29) is 5.91 Å². The summed E-state index contributed by atoms with van der Waals surface area (Å²) in [7, 11) is 4.22. The van der Waals surface area contributed by atoms with Crippen LogP contribution in [0.4, 0.5) is 0 Å². The Bertz CT molecular complexity index is 946. The van der Waals surface area contributed by atoms with Gasteiger partial charge in [-0.1, -0.05) is 41.9 Å². The van der Waals surface area contributed by atoms with Crippen LogP contribution in [0.2, 0.25) is 5.15 Å². The van der Waals surface area contributed by atoms with Crippen LogP contribution in [-0.2, 0) is 17.9 Å². The molecule has 5 nitrogen and oxygen atoms in total. The first kappa shape index (κ1) is 18.2. The summed E-state index contributed by atoms with van der Waals surface area (Å²) >= 11 is 6.18. The van der Waals surface area contributed by atoms with E-state index < -0.39 is 0 Å². The van der Waals surface area contributed by atoms with E-state index in [0.29, 0.717) is 17.4 Å². The van der Waals surface area contributed by atoms with Crippen molar-refractivity contribution >= 4 is 29.2 Å². The number of rotatable bonds is 6. The predicted octanol–water partition coefficient (Wildman–Crippen LogP) is 1.96. The Morgan fingerprint density at radius 2 is 1.92 bits per heavy atom. The minimum absolute atomic E-state index is 0.168. The van der Waals surface area contributed by atoms with E-state index in [2.05, 4.69) is 30.5 Å². The number of nitrogens with one attached hydrogen (secondary N) is 2. The average molecular weight is 370 g/mol. The van der Waals surface area contributed by atoms with Crippen LogP contribution >= 0.6 is 11.6 Å². The van der Waals surface area contributed by atoms with Crippen molar-refractivity contribution in [2.24, 2.45) is 0 Å². The van der Waals surface area contributed by atoms with Gasteiger partial charge in [0.1, 0.15) is 12.2 Å². The zero-order chi connectivity index (χ0) is 18.5. The Balaban J connectivity index is 1.68. The van der Waals surface area contributed by atoms with Gasteiger partial charge in [-0.2, -0.15) is 0 Å². The van der Waals surface area contributed by atoms with Crippen molar-refractivity contribution in [1.82, 2.24) is 14.7 Å². The number of carbonyl (C=O) groups is 1. The summed E-state index contributed by atoms with van der Waals surface area (Å²) in [4.78, 5) is 17.8. The molecular weight excluding hydrogens is 348 g/mol. The van der Waals surface area contributed by atoms with E-state index in [0.717, 1.165) is 17.8 Å². The summed E-state index contributed by atoms with van der Waals surface area (Å²) in [5.74, 6) is -0.168. The number of quaternary nitrogens is 1. The summed E-state index contributed by atoms with van der Waals surface area (Å²) in [5.41, 5.74) is 3.80. The second-order valence-corrected chi connectivity index (χ2v) is 6.78. The van der Waals surface area contributed by atoms with Gasteiger partial charge >= 0.3 is 0 Å². The van der Waals surface area contributed by atoms with Crippen LogP contribution in [0.3, 0.4) is 0 Å². The number of pyridine rings is 1. The average Bonchev–Trinajstić information content (AvgIpc) is 2.94. The molecule has 3 aromatic rings. The van der Waals surface area contributed by atoms with Crippen molar-refractivity contribution in [3.05, 3.63) is 76.7 Å². The molecule has 6 heteroatoms. The highest BCUT2D eigenvalue weighted by Crippen LogP contribution is 2.18. The number of benzene rings is 1. The lowest BCUT2D eigenvalue weighted by Gasteiger charge is -2.12. The van der Waals surface area contributed by atoms with Gasteiger partial charge in [0.25, 0.3) is 0 Å². The Morgan fingerprint density at radius 1 is 1.19 bits per heavy atom. The zero-order valence-electron chi connectivity index (χ0n) is 14.9. The van der Waals surface area contributed by atoms with Gasteiger partial charge in [0, 0.05) is 24.4 Å². The lowest BCUT2D eigenvalue weighted by molar-refractivity contribution is -0.872. The van der Waals surface area contributed by atoms with Crippen LogP contribution in [0.15, 0.2) is 54.7 Å². The topological polar surface area (TPSA) is 50.8 Å². The number of imidazole rings is 1. The van der Waals surface area contributed by atoms with Crippen LogP contribution < -0.4 is 10.2 Å². The quantitative estimate of drug-likeness (QED) is 0.653. The Labute approximate surface area is 157 Å². The standard InChI is InChI=1S/C20H21ClN4O/c1-24(2)14-16-8-4-3-7-15(16)13-22-19(26)11-10-17-20(21)23-18-9-5-6-12-25(17)18/h3-12H,13-14H2,1-2H3,(H,22,26)/p+1/b11-10+. The second kappa shape index (κ2) is 8.17. The fraction of sp³-hybridized carbons (Fsp3) is 0.200. The van der Waals surface area contributed by atoms with Crippen LogP contribution in [0, 0.1) is 0 Å². The molecule has 1 amide bonds. The van der Waals surface area contributed by atoms with Gasteiger partial charge in [0.15, 0.2) is 5.15 Å². The number of hydrogen-bond donors (Lipinski definition) is 2. The smallest absolute Gasteiger partial charge is 0.244 e. The number of fused-ring (bicyclic) bond motifs is 1. The number of hydrogen-bond acceptors (Lipinski definition) is 2. The first-order valence-electron chi connectivity index (χ1n) is 8.49. The van der Waals surface area contributed by atoms with Crippen LogP contribution in [0.1, 0.15) is 16.8 Å². The third-order valence-electron chi connectivity index (χ3n) is 4.03. The van der Waals surface area contributed by atoms with E-state index in [9.17, 15) is 4.79 Å². The van der Waals surface area contributed by atoms with E-state index in [1.807, 2.05) is 47.0 Å². The third-order valence-corrected chi connectivity index (χ3v) is 4.31. The maximum absolute atomic E-state index is 12.2. The first-order chi connectivity index (χ1) is 12.5. The Kier molecular flexibility index (Phi) is 5.71. The van der Waals surface area contributed by atoms with Gasteiger partial charge in [0.05, 0.1) is 19.8 Å². The molecule has 0 saturated heterocycles. The molecule has 1 aromatic carbocycles.